The predicted molar refractivity (Wildman–Crippen MR) is 81.7 cm³/mol. The highest BCUT2D eigenvalue weighted by molar-refractivity contribution is 5.78. The molecule has 0 heterocycles. The molecule has 5 heteroatoms. The lowest BCUT2D eigenvalue weighted by molar-refractivity contribution is -0.138. The van der Waals surface area contributed by atoms with E-state index in [1.54, 1.807) is 30.3 Å². The second kappa shape index (κ2) is 6.85. The second-order valence-electron chi connectivity index (χ2n) is 4.87. The number of carbonyl (C=O) groups is 1. The normalized spacial score (nSPS) is 11.7. The van der Waals surface area contributed by atoms with Gasteiger partial charge in [-0.25, -0.2) is 0 Å². The molecule has 0 saturated heterocycles. The van der Waals surface area contributed by atoms with Gasteiger partial charge in [-0.05, 0) is 42.3 Å². The smallest absolute Gasteiger partial charge is 0.311 e. The van der Waals surface area contributed by atoms with E-state index >= 15 is 0 Å². The summed E-state index contributed by atoms with van der Waals surface area (Å²) in [6.07, 6.45) is 0.291. The number of aromatic hydroxyl groups is 1. The van der Waals surface area contributed by atoms with Crippen molar-refractivity contribution in [2.45, 2.75) is 12.3 Å². The number of rotatable bonds is 6. The van der Waals surface area contributed by atoms with E-state index in [0.717, 1.165) is 5.56 Å². The van der Waals surface area contributed by atoms with Crippen molar-refractivity contribution in [3.63, 3.8) is 0 Å². The molecule has 0 aliphatic carbocycles. The topological polar surface area (TPSA) is 76.0 Å². The van der Waals surface area contributed by atoms with Gasteiger partial charge in [-0.3, -0.25) is 4.79 Å². The van der Waals surface area contributed by atoms with Gasteiger partial charge >= 0.3 is 5.97 Å². The zero-order valence-corrected chi connectivity index (χ0v) is 12.4. The summed E-state index contributed by atoms with van der Waals surface area (Å²) in [5.41, 5.74) is 1.37. The minimum atomic E-state index is -0.945. The summed E-state index contributed by atoms with van der Waals surface area (Å²) in [5.74, 6) is -0.483. The van der Waals surface area contributed by atoms with Gasteiger partial charge in [0.25, 0.3) is 0 Å². The third-order valence-electron chi connectivity index (χ3n) is 3.49. The Bertz CT molecular complexity index is 649. The molecule has 0 aliphatic rings. The van der Waals surface area contributed by atoms with E-state index in [9.17, 15) is 15.0 Å². The molecule has 2 rings (SSSR count). The summed E-state index contributed by atoms with van der Waals surface area (Å²) in [5, 5.41) is 18.9. The number of aliphatic carboxylic acids is 1. The van der Waals surface area contributed by atoms with Crippen molar-refractivity contribution in [2.24, 2.45) is 0 Å². The number of benzene rings is 2. The zero-order valence-electron chi connectivity index (χ0n) is 12.4. The maximum atomic E-state index is 11.7. The summed E-state index contributed by atoms with van der Waals surface area (Å²) >= 11 is 0. The number of ether oxygens (including phenoxy) is 2. The minimum absolute atomic E-state index is 0.148. The Labute approximate surface area is 128 Å². The van der Waals surface area contributed by atoms with Crippen LogP contribution >= 0.6 is 0 Å². The molecule has 0 aromatic heterocycles. The summed E-state index contributed by atoms with van der Waals surface area (Å²) in [7, 11) is 3.03. The minimum Gasteiger partial charge on any atom is -0.508 e. The average molecular weight is 302 g/mol. The highest BCUT2D eigenvalue weighted by atomic mass is 16.5. The molecule has 0 radical (unpaired) electrons. The third kappa shape index (κ3) is 3.49. The van der Waals surface area contributed by atoms with Crippen LogP contribution in [0.4, 0.5) is 0 Å². The third-order valence-corrected chi connectivity index (χ3v) is 3.49. The van der Waals surface area contributed by atoms with Crippen LogP contribution in [0.1, 0.15) is 17.0 Å². The quantitative estimate of drug-likeness (QED) is 0.858. The lowest BCUT2D eigenvalue weighted by Crippen LogP contribution is -2.15. The molecule has 2 aromatic carbocycles. The molecular formula is C17H18O5. The molecular weight excluding hydrogens is 284 g/mol. The summed E-state index contributed by atoms with van der Waals surface area (Å²) in [4.78, 5) is 11.7. The Morgan fingerprint density at radius 3 is 2.32 bits per heavy atom. The largest absolute Gasteiger partial charge is 0.508 e. The molecule has 2 aromatic rings. The molecule has 1 atom stereocenters. The van der Waals surface area contributed by atoms with Crippen LogP contribution in [0.5, 0.6) is 17.2 Å². The lowest BCUT2D eigenvalue weighted by atomic mass is 9.91. The second-order valence-corrected chi connectivity index (χ2v) is 4.87. The number of phenolic OH excluding ortho intramolecular Hbond substituents is 1. The van der Waals surface area contributed by atoms with E-state index < -0.39 is 11.9 Å². The SMILES string of the molecule is COc1ccc(OC)c(C(Cc2ccc(O)cc2)C(=O)O)c1. The fourth-order valence-electron chi connectivity index (χ4n) is 2.31. The van der Waals surface area contributed by atoms with Gasteiger partial charge in [-0.2, -0.15) is 0 Å². The fraction of sp³-hybridized carbons (Fsp3) is 0.235. The van der Waals surface area contributed by atoms with Crippen molar-refractivity contribution in [1.29, 1.82) is 0 Å². The van der Waals surface area contributed by atoms with Gasteiger partial charge in [0, 0.05) is 5.56 Å². The first kappa shape index (κ1) is 15.7. The van der Waals surface area contributed by atoms with Gasteiger partial charge in [0.15, 0.2) is 0 Å². The highest BCUT2D eigenvalue weighted by Gasteiger charge is 2.24. The first-order valence-electron chi connectivity index (χ1n) is 6.77. The van der Waals surface area contributed by atoms with Gasteiger partial charge in [-0.1, -0.05) is 12.1 Å². The molecule has 0 aliphatic heterocycles. The van der Waals surface area contributed by atoms with Crippen LogP contribution in [0, 0.1) is 0 Å². The molecule has 1 unspecified atom stereocenters. The number of phenols is 1. The Morgan fingerprint density at radius 2 is 1.77 bits per heavy atom. The van der Waals surface area contributed by atoms with Crippen molar-refractivity contribution in [1.82, 2.24) is 0 Å². The number of carboxylic acids is 1. The van der Waals surface area contributed by atoms with Gasteiger partial charge in [0.1, 0.15) is 17.2 Å². The summed E-state index contributed by atoms with van der Waals surface area (Å²) in [6, 6.07) is 11.6. The molecule has 0 bridgehead atoms. The van der Waals surface area contributed by atoms with Crippen LogP contribution in [0.3, 0.4) is 0 Å². The maximum absolute atomic E-state index is 11.7. The molecule has 0 spiro atoms. The lowest BCUT2D eigenvalue weighted by Gasteiger charge is -2.17. The van der Waals surface area contributed by atoms with Crippen LogP contribution in [0.2, 0.25) is 0 Å². The number of methoxy groups -OCH3 is 2. The van der Waals surface area contributed by atoms with E-state index in [1.807, 2.05) is 0 Å². The van der Waals surface area contributed by atoms with Gasteiger partial charge in [-0.15, -0.1) is 0 Å². The molecule has 5 nitrogen and oxygen atoms in total. The van der Waals surface area contributed by atoms with E-state index in [1.165, 1.54) is 26.4 Å². The monoisotopic (exact) mass is 302 g/mol. The van der Waals surface area contributed by atoms with Gasteiger partial charge < -0.3 is 19.7 Å². The Morgan fingerprint density at radius 1 is 1.09 bits per heavy atom. The number of hydrogen-bond acceptors (Lipinski definition) is 4. The van der Waals surface area contributed by atoms with E-state index in [-0.39, 0.29) is 5.75 Å². The molecule has 0 fully saturated rings. The number of carboxylic acid groups (broad SMARTS) is 1. The first-order valence-corrected chi connectivity index (χ1v) is 6.77. The van der Waals surface area contributed by atoms with Crippen molar-refractivity contribution in [3.05, 3.63) is 53.6 Å². The molecule has 2 N–H and O–H groups in total. The van der Waals surface area contributed by atoms with Crippen molar-refractivity contribution < 1.29 is 24.5 Å². The predicted octanol–water partition coefficient (Wildman–Crippen LogP) is 2.82. The van der Waals surface area contributed by atoms with Crippen molar-refractivity contribution in [2.75, 3.05) is 14.2 Å². The van der Waals surface area contributed by atoms with Crippen LogP contribution in [0.15, 0.2) is 42.5 Å². The molecule has 0 saturated carbocycles. The Hall–Kier alpha value is -2.69. The average Bonchev–Trinajstić information content (AvgIpc) is 2.53. The van der Waals surface area contributed by atoms with E-state index in [2.05, 4.69) is 0 Å². The summed E-state index contributed by atoms with van der Waals surface area (Å²) in [6.45, 7) is 0. The Balaban J connectivity index is 2.39. The fourth-order valence-corrected chi connectivity index (χ4v) is 2.31. The first-order chi connectivity index (χ1) is 10.5. The standard InChI is InChI=1S/C17H18O5/c1-21-13-7-8-16(22-2)14(10-13)15(17(19)20)9-11-3-5-12(18)6-4-11/h3-8,10,15,18H,9H2,1-2H3,(H,19,20). The van der Waals surface area contributed by atoms with Gasteiger partial charge in [0.2, 0.25) is 0 Å². The van der Waals surface area contributed by atoms with Crippen LogP contribution in [-0.4, -0.2) is 30.4 Å². The summed E-state index contributed by atoms with van der Waals surface area (Å²) < 4.78 is 10.4. The highest BCUT2D eigenvalue weighted by Crippen LogP contribution is 2.33. The van der Waals surface area contributed by atoms with Crippen molar-refractivity contribution >= 4 is 5.97 Å². The van der Waals surface area contributed by atoms with Gasteiger partial charge in [0.05, 0.1) is 20.1 Å². The van der Waals surface area contributed by atoms with Crippen molar-refractivity contribution in [3.8, 4) is 17.2 Å². The van der Waals surface area contributed by atoms with Crippen LogP contribution < -0.4 is 9.47 Å². The Kier molecular flexibility index (Phi) is 4.88. The molecule has 0 amide bonds. The number of hydrogen-bond donors (Lipinski definition) is 2. The van der Waals surface area contributed by atoms with E-state index in [4.69, 9.17) is 9.47 Å². The van der Waals surface area contributed by atoms with Crippen LogP contribution in [-0.2, 0) is 11.2 Å². The van der Waals surface area contributed by atoms with E-state index in [0.29, 0.717) is 23.5 Å². The van der Waals surface area contributed by atoms with Crippen LogP contribution in [0.25, 0.3) is 0 Å². The maximum Gasteiger partial charge on any atom is 0.311 e. The zero-order chi connectivity index (χ0) is 16.1. The molecule has 22 heavy (non-hydrogen) atoms. The molecule has 116 valence electrons.